The summed E-state index contributed by atoms with van der Waals surface area (Å²) in [6, 6.07) is 0. The molecular formula is C10H18F3NO2. The van der Waals surface area contributed by atoms with Gasteiger partial charge in [-0.15, -0.1) is 0 Å². The van der Waals surface area contributed by atoms with Gasteiger partial charge in [-0.2, -0.15) is 13.2 Å². The smallest absolute Gasteiger partial charge is 0.391 e. The highest BCUT2D eigenvalue weighted by atomic mass is 19.4. The Hall–Kier alpha value is -0.330. The molecule has 0 unspecified atom stereocenters. The number of hydrogen-bond donors (Lipinski definition) is 1. The maximum atomic E-state index is 12.3. The van der Waals surface area contributed by atoms with E-state index in [4.69, 9.17) is 9.84 Å². The second kappa shape index (κ2) is 6.42. The summed E-state index contributed by atoms with van der Waals surface area (Å²) in [6.07, 6.45) is -3.67. The summed E-state index contributed by atoms with van der Waals surface area (Å²) in [4.78, 5) is 1.97. The van der Waals surface area contributed by atoms with Crippen LogP contribution in [0.1, 0.15) is 12.8 Å². The largest absolute Gasteiger partial charge is 0.394 e. The Kier molecular flexibility index (Phi) is 5.51. The van der Waals surface area contributed by atoms with Gasteiger partial charge in [0.25, 0.3) is 0 Å². The van der Waals surface area contributed by atoms with Crippen molar-refractivity contribution < 1.29 is 23.0 Å². The third-order valence-corrected chi connectivity index (χ3v) is 2.84. The molecule has 0 aliphatic carbocycles. The van der Waals surface area contributed by atoms with E-state index in [9.17, 15) is 13.2 Å². The predicted octanol–water partition coefficient (Wildman–Crippen LogP) is 1.27. The van der Waals surface area contributed by atoms with Gasteiger partial charge in [0.05, 0.1) is 25.7 Å². The van der Waals surface area contributed by atoms with Crippen LogP contribution in [0.3, 0.4) is 0 Å². The highest BCUT2D eigenvalue weighted by Crippen LogP contribution is 2.33. The Bertz CT molecular complexity index is 191. The lowest BCUT2D eigenvalue weighted by atomic mass is 9.96. The summed E-state index contributed by atoms with van der Waals surface area (Å²) < 4.78 is 42.1. The van der Waals surface area contributed by atoms with E-state index in [0.717, 1.165) is 0 Å². The van der Waals surface area contributed by atoms with Crippen LogP contribution in [0.25, 0.3) is 0 Å². The number of nitrogens with zero attached hydrogens (tertiary/aromatic N) is 1. The van der Waals surface area contributed by atoms with Crippen LogP contribution < -0.4 is 0 Å². The highest BCUT2D eigenvalue weighted by molar-refractivity contribution is 4.76. The van der Waals surface area contributed by atoms with Crippen LogP contribution in [0.15, 0.2) is 0 Å². The van der Waals surface area contributed by atoms with Gasteiger partial charge < -0.3 is 14.7 Å². The fourth-order valence-electron chi connectivity index (χ4n) is 1.84. The van der Waals surface area contributed by atoms with Crippen molar-refractivity contribution in [3.05, 3.63) is 0 Å². The minimum atomic E-state index is -4.04. The Morgan fingerprint density at radius 3 is 2.31 bits per heavy atom. The van der Waals surface area contributed by atoms with E-state index in [1.54, 1.807) is 0 Å². The molecule has 1 aliphatic rings. The average Bonchev–Trinajstić information content (AvgIpc) is 2.24. The van der Waals surface area contributed by atoms with Gasteiger partial charge in [-0.3, -0.25) is 0 Å². The lowest BCUT2D eigenvalue weighted by Crippen LogP contribution is -2.40. The van der Waals surface area contributed by atoms with Crippen molar-refractivity contribution in [2.45, 2.75) is 19.0 Å². The van der Waals surface area contributed by atoms with E-state index >= 15 is 0 Å². The molecule has 0 amide bonds. The first-order valence-corrected chi connectivity index (χ1v) is 5.51. The zero-order valence-corrected chi connectivity index (χ0v) is 9.17. The van der Waals surface area contributed by atoms with E-state index in [1.165, 1.54) is 0 Å². The molecule has 0 bridgehead atoms. The maximum absolute atomic E-state index is 12.3. The van der Waals surface area contributed by atoms with Crippen molar-refractivity contribution in [3.8, 4) is 0 Å². The molecule has 0 spiro atoms. The van der Waals surface area contributed by atoms with E-state index < -0.39 is 12.1 Å². The van der Waals surface area contributed by atoms with Crippen LogP contribution in [0.4, 0.5) is 13.2 Å². The van der Waals surface area contributed by atoms with Crippen molar-refractivity contribution in [2.24, 2.45) is 5.92 Å². The van der Waals surface area contributed by atoms with Crippen LogP contribution in [-0.2, 0) is 4.74 Å². The number of halogens is 3. The standard InChI is InChI=1S/C10H18F3NO2/c11-10(12,13)9-1-3-14(4-2-9)5-7-16-8-6-15/h9,15H,1-8H2. The molecule has 1 heterocycles. The SMILES string of the molecule is OCCOCCN1CCC(C(F)(F)F)CC1. The first-order chi connectivity index (χ1) is 7.54. The Morgan fingerprint density at radius 2 is 1.81 bits per heavy atom. The normalized spacial score (nSPS) is 20.2. The summed E-state index contributed by atoms with van der Waals surface area (Å²) in [7, 11) is 0. The van der Waals surface area contributed by atoms with Gasteiger partial charge in [0.15, 0.2) is 0 Å². The molecule has 1 N–H and O–H groups in total. The molecule has 0 aromatic carbocycles. The fraction of sp³-hybridized carbons (Fsp3) is 1.00. The number of hydrogen-bond acceptors (Lipinski definition) is 3. The predicted molar refractivity (Wildman–Crippen MR) is 53.1 cm³/mol. The minimum Gasteiger partial charge on any atom is -0.394 e. The van der Waals surface area contributed by atoms with Crippen molar-refractivity contribution >= 4 is 0 Å². The number of aliphatic hydroxyl groups excluding tert-OH is 1. The van der Waals surface area contributed by atoms with Crippen molar-refractivity contribution in [1.82, 2.24) is 4.90 Å². The Labute approximate surface area is 93.2 Å². The molecule has 0 aromatic rings. The fourth-order valence-corrected chi connectivity index (χ4v) is 1.84. The Balaban J connectivity index is 2.12. The summed E-state index contributed by atoms with van der Waals surface area (Å²) >= 11 is 0. The van der Waals surface area contributed by atoms with Crippen LogP contribution in [0, 0.1) is 5.92 Å². The van der Waals surface area contributed by atoms with Crippen molar-refractivity contribution in [2.75, 3.05) is 39.5 Å². The zero-order valence-electron chi connectivity index (χ0n) is 9.17. The summed E-state index contributed by atoms with van der Waals surface area (Å²) in [5, 5.41) is 8.46. The van der Waals surface area contributed by atoms with Gasteiger partial charge in [-0.25, -0.2) is 0 Å². The molecule has 0 saturated carbocycles. The van der Waals surface area contributed by atoms with Gasteiger partial charge in [-0.05, 0) is 25.9 Å². The van der Waals surface area contributed by atoms with Gasteiger partial charge in [0.2, 0.25) is 0 Å². The van der Waals surface area contributed by atoms with Gasteiger partial charge in [0.1, 0.15) is 0 Å². The first-order valence-electron chi connectivity index (χ1n) is 5.51. The second-order valence-electron chi connectivity index (χ2n) is 3.99. The third kappa shape index (κ3) is 4.67. The van der Waals surface area contributed by atoms with Gasteiger partial charge in [0, 0.05) is 6.54 Å². The third-order valence-electron chi connectivity index (χ3n) is 2.84. The maximum Gasteiger partial charge on any atom is 0.391 e. The number of ether oxygens (including phenoxy) is 1. The van der Waals surface area contributed by atoms with Gasteiger partial charge >= 0.3 is 6.18 Å². The molecule has 1 aliphatic heterocycles. The molecule has 6 heteroatoms. The molecule has 16 heavy (non-hydrogen) atoms. The molecule has 0 aromatic heterocycles. The summed E-state index contributed by atoms with van der Waals surface area (Å²) in [5.41, 5.74) is 0. The van der Waals surface area contributed by atoms with Gasteiger partial charge in [-0.1, -0.05) is 0 Å². The topological polar surface area (TPSA) is 32.7 Å². The van der Waals surface area contributed by atoms with E-state index in [1.807, 2.05) is 4.90 Å². The minimum absolute atomic E-state index is 0.0177. The molecular weight excluding hydrogens is 223 g/mol. The molecule has 0 radical (unpaired) electrons. The summed E-state index contributed by atoms with van der Waals surface area (Å²) in [5.74, 6) is -1.14. The number of rotatable bonds is 5. The highest BCUT2D eigenvalue weighted by Gasteiger charge is 2.40. The van der Waals surface area contributed by atoms with Crippen LogP contribution in [0.5, 0.6) is 0 Å². The molecule has 0 atom stereocenters. The van der Waals surface area contributed by atoms with Crippen LogP contribution in [-0.4, -0.2) is 55.6 Å². The molecule has 3 nitrogen and oxygen atoms in total. The number of piperidine rings is 1. The van der Waals surface area contributed by atoms with E-state index in [0.29, 0.717) is 32.8 Å². The Morgan fingerprint density at radius 1 is 1.19 bits per heavy atom. The lowest BCUT2D eigenvalue weighted by molar-refractivity contribution is -0.185. The van der Waals surface area contributed by atoms with Crippen LogP contribution >= 0.6 is 0 Å². The molecule has 1 rings (SSSR count). The van der Waals surface area contributed by atoms with Crippen LogP contribution in [0.2, 0.25) is 0 Å². The number of alkyl halides is 3. The molecule has 96 valence electrons. The molecule has 1 saturated heterocycles. The second-order valence-corrected chi connectivity index (χ2v) is 3.99. The lowest BCUT2D eigenvalue weighted by Gasteiger charge is -2.32. The zero-order chi connectivity index (χ0) is 12.0. The average molecular weight is 241 g/mol. The quantitative estimate of drug-likeness (QED) is 0.736. The first kappa shape index (κ1) is 13.7. The monoisotopic (exact) mass is 241 g/mol. The van der Waals surface area contributed by atoms with Crippen molar-refractivity contribution in [3.63, 3.8) is 0 Å². The molecule has 1 fully saturated rings. The van der Waals surface area contributed by atoms with E-state index in [2.05, 4.69) is 0 Å². The van der Waals surface area contributed by atoms with E-state index in [-0.39, 0.29) is 19.4 Å². The number of likely N-dealkylation sites (tertiary alicyclic amines) is 1. The number of aliphatic hydroxyl groups is 1. The van der Waals surface area contributed by atoms with Crippen molar-refractivity contribution in [1.29, 1.82) is 0 Å². The summed E-state index contributed by atoms with van der Waals surface area (Å²) in [6.45, 7) is 2.34.